The summed E-state index contributed by atoms with van der Waals surface area (Å²) in [4.78, 5) is 31.9. The van der Waals surface area contributed by atoms with Crippen LogP contribution in [0.3, 0.4) is 0 Å². The number of carbonyl (C=O) groups excluding carboxylic acids is 2. The van der Waals surface area contributed by atoms with Gasteiger partial charge in [-0.25, -0.2) is 4.98 Å². The zero-order valence-electron chi connectivity index (χ0n) is 15.2. The second kappa shape index (κ2) is 9.04. The van der Waals surface area contributed by atoms with E-state index in [1.54, 1.807) is 34.1 Å². The summed E-state index contributed by atoms with van der Waals surface area (Å²) in [5.41, 5.74) is -0.284. The molecule has 1 aromatic heterocycles. The number of pyridine rings is 1. The number of hydrogen-bond donors (Lipinski definition) is 0. The van der Waals surface area contributed by atoms with Gasteiger partial charge in [0.25, 0.3) is 5.91 Å². The molecular weight excluding hydrogens is 427 g/mol. The second-order valence-corrected chi connectivity index (χ2v) is 7.78. The Morgan fingerprint density at radius 2 is 1.62 bits per heavy atom. The third-order valence-electron chi connectivity index (χ3n) is 4.42. The van der Waals surface area contributed by atoms with Gasteiger partial charge in [0.05, 0.1) is 16.3 Å². The Balaban J connectivity index is 1.47. The smallest absolute Gasteiger partial charge is 0.338 e. The Morgan fingerprint density at radius 1 is 1.00 bits per heavy atom. The normalized spacial score (nSPS) is 14.8. The summed E-state index contributed by atoms with van der Waals surface area (Å²) >= 11 is 6.92. The summed E-state index contributed by atoms with van der Waals surface area (Å²) in [5, 5.41) is 0.903. The maximum absolute atomic E-state index is 12.5. The standard InChI is InChI=1S/C19H17ClF3N3O2S/c20-15-4-1-13(2-5-15)18(28)26-9-7-25(8-10-26)17(27)12-29-16-6-3-14(11-24-16)19(21,22)23/h1-6,11H,7-10,12H2. The number of aromatic nitrogens is 1. The lowest BCUT2D eigenvalue weighted by Gasteiger charge is -2.34. The first-order chi connectivity index (χ1) is 13.7. The molecule has 0 spiro atoms. The van der Waals surface area contributed by atoms with Crippen molar-refractivity contribution in [2.75, 3.05) is 31.9 Å². The minimum Gasteiger partial charge on any atom is -0.338 e. The molecule has 0 bridgehead atoms. The predicted octanol–water partition coefficient (Wildman–Crippen LogP) is 3.83. The van der Waals surface area contributed by atoms with Gasteiger partial charge in [-0.1, -0.05) is 23.4 Å². The highest BCUT2D eigenvalue weighted by Crippen LogP contribution is 2.29. The van der Waals surface area contributed by atoms with E-state index in [0.717, 1.165) is 24.0 Å². The van der Waals surface area contributed by atoms with Gasteiger partial charge < -0.3 is 9.80 Å². The number of nitrogens with zero attached hydrogens (tertiary/aromatic N) is 3. The fourth-order valence-electron chi connectivity index (χ4n) is 2.79. The third-order valence-corrected chi connectivity index (χ3v) is 5.60. The van der Waals surface area contributed by atoms with Crippen LogP contribution in [0.5, 0.6) is 0 Å². The largest absolute Gasteiger partial charge is 0.417 e. The predicted molar refractivity (Wildman–Crippen MR) is 104 cm³/mol. The summed E-state index contributed by atoms with van der Waals surface area (Å²) in [6.07, 6.45) is -3.68. The number of benzene rings is 1. The van der Waals surface area contributed by atoms with E-state index in [1.165, 1.54) is 6.07 Å². The van der Waals surface area contributed by atoms with E-state index in [0.29, 0.717) is 41.8 Å². The van der Waals surface area contributed by atoms with Crippen LogP contribution in [-0.2, 0) is 11.0 Å². The van der Waals surface area contributed by atoms with Gasteiger partial charge in [0, 0.05) is 43.0 Å². The minimum atomic E-state index is -4.44. The summed E-state index contributed by atoms with van der Waals surface area (Å²) < 4.78 is 37.6. The van der Waals surface area contributed by atoms with Gasteiger partial charge in [0.1, 0.15) is 0 Å². The zero-order chi connectivity index (χ0) is 21.0. The molecule has 3 rings (SSSR count). The number of piperazine rings is 1. The van der Waals surface area contributed by atoms with Crippen LogP contribution in [0.25, 0.3) is 0 Å². The number of carbonyl (C=O) groups is 2. The lowest BCUT2D eigenvalue weighted by atomic mass is 10.2. The molecule has 0 N–H and O–H groups in total. The van der Waals surface area contributed by atoms with Gasteiger partial charge in [-0.2, -0.15) is 13.2 Å². The molecule has 5 nitrogen and oxygen atoms in total. The van der Waals surface area contributed by atoms with Crippen molar-refractivity contribution in [2.45, 2.75) is 11.2 Å². The first-order valence-electron chi connectivity index (χ1n) is 8.73. The summed E-state index contributed by atoms with van der Waals surface area (Å²) in [6.45, 7) is 1.63. The maximum atomic E-state index is 12.5. The molecule has 1 aliphatic rings. The number of alkyl halides is 3. The lowest BCUT2D eigenvalue weighted by Crippen LogP contribution is -2.51. The minimum absolute atomic E-state index is 0.0729. The van der Waals surface area contributed by atoms with Crippen molar-refractivity contribution in [2.24, 2.45) is 0 Å². The Labute approximate surface area is 174 Å². The van der Waals surface area contributed by atoms with Crippen LogP contribution < -0.4 is 0 Å². The van der Waals surface area contributed by atoms with Crippen molar-refractivity contribution >= 4 is 35.2 Å². The van der Waals surface area contributed by atoms with E-state index in [9.17, 15) is 22.8 Å². The number of rotatable bonds is 4. The molecule has 1 aliphatic heterocycles. The van der Waals surface area contributed by atoms with Crippen molar-refractivity contribution in [3.63, 3.8) is 0 Å². The van der Waals surface area contributed by atoms with Crippen LogP contribution in [0.2, 0.25) is 5.02 Å². The molecule has 2 amide bonds. The lowest BCUT2D eigenvalue weighted by molar-refractivity contribution is -0.138. The third kappa shape index (κ3) is 5.63. The van der Waals surface area contributed by atoms with E-state index in [-0.39, 0.29) is 17.6 Å². The summed E-state index contributed by atoms with van der Waals surface area (Å²) in [6, 6.07) is 8.83. The Kier molecular flexibility index (Phi) is 6.69. The fraction of sp³-hybridized carbons (Fsp3) is 0.316. The molecule has 29 heavy (non-hydrogen) atoms. The molecule has 0 unspecified atom stereocenters. The van der Waals surface area contributed by atoms with Gasteiger partial charge in [-0.05, 0) is 36.4 Å². The molecule has 1 saturated heterocycles. The first kappa shape index (κ1) is 21.4. The maximum Gasteiger partial charge on any atom is 0.417 e. The molecule has 0 radical (unpaired) electrons. The highest BCUT2D eigenvalue weighted by Gasteiger charge is 2.30. The quantitative estimate of drug-likeness (QED) is 0.674. The van der Waals surface area contributed by atoms with Crippen LogP contribution in [0.1, 0.15) is 15.9 Å². The van der Waals surface area contributed by atoms with Crippen LogP contribution >= 0.6 is 23.4 Å². The Morgan fingerprint density at radius 3 is 2.17 bits per heavy atom. The fourth-order valence-corrected chi connectivity index (χ4v) is 3.67. The van der Waals surface area contributed by atoms with Crippen molar-refractivity contribution in [1.29, 1.82) is 0 Å². The number of hydrogen-bond acceptors (Lipinski definition) is 4. The summed E-state index contributed by atoms with van der Waals surface area (Å²) in [5.74, 6) is -0.184. The van der Waals surface area contributed by atoms with E-state index in [1.807, 2.05) is 0 Å². The topological polar surface area (TPSA) is 53.5 Å². The Hall–Kier alpha value is -2.26. The van der Waals surface area contributed by atoms with E-state index >= 15 is 0 Å². The molecule has 0 aliphatic carbocycles. The van der Waals surface area contributed by atoms with Crippen molar-refractivity contribution < 1.29 is 22.8 Å². The average molecular weight is 444 g/mol. The molecule has 10 heteroatoms. The van der Waals surface area contributed by atoms with E-state index in [4.69, 9.17) is 11.6 Å². The molecule has 154 valence electrons. The van der Waals surface area contributed by atoms with Crippen LogP contribution in [-0.4, -0.2) is 58.5 Å². The molecule has 2 aromatic rings. The van der Waals surface area contributed by atoms with Gasteiger partial charge >= 0.3 is 6.18 Å². The first-order valence-corrected chi connectivity index (χ1v) is 10.1. The van der Waals surface area contributed by atoms with Gasteiger partial charge in [0.2, 0.25) is 5.91 Å². The average Bonchev–Trinajstić information content (AvgIpc) is 2.72. The molecule has 2 heterocycles. The molecule has 0 atom stereocenters. The number of halogens is 4. The van der Waals surface area contributed by atoms with Crippen molar-refractivity contribution in [3.8, 4) is 0 Å². The molecule has 1 fully saturated rings. The Bertz CT molecular complexity index is 868. The monoisotopic (exact) mass is 443 g/mol. The van der Waals surface area contributed by atoms with Crippen molar-refractivity contribution in [1.82, 2.24) is 14.8 Å². The van der Waals surface area contributed by atoms with Crippen LogP contribution in [0.15, 0.2) is 47.6 Å². The van der Waals surface area contributed by atoms with Gasteiger partial charge in [-0.15, -0.1) is 0 Å². The SMILES string of the molecule is O=C(CSc1ccc(C(F)(F)F)cn1)N1CCN(C(=O)c2ccc(Cl)cc2)CC1. The highest BCUT2D eigenvalue weighted by molar-refractivity contribution is 7.99. The molecule has 0 saturated carbocycles. The van der Waals surface area contributed by atoms with Gasteiger partial charge in [-0.3, -0.25) is 9.59 Å². The van der Waals surface area contributed by atoms with Crippen molar-refractivity contribution in [3.05, 3.63) is 58.7 Å². The number of thioether (sulfide) groups is 1. The zero-order valence-corrected chi connectivity index (χ0v) is 16.7. The number of amides is 2. The van der Waals surface area contributed by atoms with E-state index in [2.05, 4.69) is 4.98 Å². The van der Waals surface area contributed by atoms with Crippen LogP contribution in [0, 0.1) is 0 Å². The van der Waals surface area contributed by atoms with E-state index < -0.39 is 11.7 Å². The molecular formula is C19H17ClF3N3O2S. The highest BCUT2D eigenvalue weighted by atomic mass is 35.5. The summed E-state index contributed by atoms with van der Waals surface area (Å²) in [7, 11) is 0. The van der Waals surface area contributed by atoms with Gasteiger partial charge in [0.15, 0.2) is 0 Å². The van der Waals surface area contributed by atoms with Crippen LogP contribution in [0.4, 0.5) is 13.2 Å². The molecule has 1 aromatic carbocycles. The second-order valence-electron chi connectivity index (χ2n) is 6.35.